The van der Waals surface area contributed by atoms with E-state index in [1.165, 1.54) is 32.4 Å². The molecular weight excluding hydrogens is 224 g/mol. The molecule has 1 heterocycles. The molecule has 0 atom stereocenters. The number of likely N-dealkylation sites (tertiary alicyclic amines) is 1. The predicted molar refractivity (Wildman–Crippen MR) is 82.3 cm³/mol. The van der Waals surface area contributed by atoms with Crippen LogP contribution in [-0.2, 0) is 4.74 Å². The molecule has 1 rings (SSSR count). The molecule has 3 nitrogen and oxygen atoms in total. The van der Waals surface area contributed by atoms with Crippen molar-refractivity contribution in [3.8, 4) is 0 Å². The fraction of sp³-hybridized carbons (Fsp3) is 1.00. The van der Waals surface area contributed by atoms with E-state index in [0.29, 0.717) is 0 Å². The average molecular weight is 260 g/mol. The minimum atomic E-state index is 0.819. The normalized spacial score (nSPS) is 16.3. The van der Waals surface area contributed by atoms with Gasteiger partial charge in [-0.2, -0.15) is 0 Å². The van der Waals surface area contributed by atoms with E-state index in [0.717, 1.165) is 25.6 Å². The first-order chi connectivity index (χ1) is 8.70. The van der Waals surface area contributed by atoms with Gasteiger partial charge < -0.3 is 15.0 Å². The fourth-order valence-corrected chi connectivity index (χ4v) is 1.61. The third-order valence-corrected chi connectivity index (χ3v) is 2.92. The van der Waals surface area contributed by atoms with Crippen LogP contribution in [0.5, 0.6) is 0 Å². The van der Waals surface area contributed by atoms with Crippen molar-refractivity contribution in [2.24, 2.45) is 5.92 Å². The molecule has 0 aliphatic carbocycles. The van der Waals surface area contributed by atoms with Crippen LogP contribution >= 0.6 is 0 Å². The van der Waals surface area contributed by atoms with Crippen LogP contribution in [-0.4, -0.2) is 51.8 Å². The molecule has 0 unspecified atom stereocenters. The number of rotatable bonds is 5. The van der Waals surface area contributed by atoms with Gasteiger partial charge in [-0.1, -0.05) is 27.7 Å². The van der Waals surface area contributed by atoms with Crippen molar-refractivity contribution in [2.45, 2.75) is 47.0 Å². The van der Waals surface area contributed by atoms with Crippen molar-refractivity contribution in [3.05, 3.63) is 0 Å². The van der Waals surface area contributed by atoms with Crippen LogP contribution in [0.15, 0.2) is 0 Å². The van der Waals surface area contributed by atoms with Gasteiger partial charge >= 0.3 is 0 Å². The molecule has 18 heavy (non-hydrogen) atoms. The lowest BCUT2D eigenvalue weighted by atomic mass is 10.00. The number of hydrogen-bond acceptors (Lipinski definition) is 3. The lowest BCUT2D eigenvalue weighted by Crippen LogP contribution is -2.28. The van der Waals surface area contributed by atoms with E-state index in [-0.39, 0.29) is 0 Å². The Bertz CT molecular complexity index is 118. The Hall–Kier alpha value is -0.120. The van der Waals surface area contributed by atoms with Crippen LogP contribution in [0, 0.1) is 5.92 Å². The van der Waals surface area contributed by atoms with Crippen molar-refractivity contribution in [3.63, 3.8) is 0 Å². The van der Waals surface area contributed by atoms with Crippen molar-refractivity contribution in [1.82, 2.24) is 10.2 Å². The summed E-state index contributed by atoms with van der Waals surface area (Å²) in [5.74, 6) is 0.978. The van der Waals surface area contributed by atoms with Gasteiger partial charge in [-0.05, 0) is 51.9 Å². The van der Waals surface area contributed by atoms with Crippen molar-refractivity contribution < 1.29 is 4.74 Å². The summed E-state index contributed by atoms with van der Waals surface area (Å²) >= 11 is 0. The Morgan fingerprint density at radius 1 is 1.17 bits per heavy atom. The molecule has 3 heteroatoms. The highest BCUT2D eigenvalue weighted by Crippen LogP contribution is 2.13. The van der Waals surface area contributed by atoms with E-state index < -0.39 is 0 Å². The summed E-state index contributed by atoms with van der Waals surface area (Å²) in [6, 6.07) is 0. The summed E-state index contributed by atoms with van der Waals surface area (Å²) in [5.41, 5.74) is 0. The number of ether oxygens (including phenoxy) is 1. The Kier molecular flexibility index (Phi) is 18.9. The highest BCUT2D eigenvalue weighted by atomic mass is 16.5. The third kappa shape index (κ3) is 15.9. The molecule has 1 aliphatic heterocycles. The smallest absolute Gasteiger partial charge is 0.0587 e. The molecule has 1 N–H and O–H groups in total. The van der Waals surface area contributed by atoms with Crippen molar-refractivity contribution in [2.75, 3.05) is 46.9 Å². The third-order valence-electron chi connectivity index (χ3n) is 2.92. The van der Waals surface area contributed by atoms with Gasteiger partial charge in [-0.25, -0.2) is 0 Å². The quantitative estimate of drug-likeness (QED) is 0.769. The largest absolute Gasteiger partial charge is 0.383 e. The van der Waals surface area contributed by atoms with Crippen molar-refractivity contribution >= 4 is 0 Å². The van der Waals surface area contributed by atoms with Crippen LogP contribution in [0.2, 0.25) is 0 Å². The highest BCUT2D eigenvalue weighted by Gasteiger charge is 2.10. The molecule has 1 fully saturated rings. The SMILES string of the molecule is CC.CC1CCN(C)CC1.CCCNCCOC. The zero-order chi connectivity index (χ0) is 14.2. The number of hydrogen-bond donors (Lipinski definition) is 1. The molecule has 1 saturated heterocycles. The molecule has 0 amide bonds. The van der Waals surface area contributed by atoms with Crippen LogP contribution in [0.3, 0.4) is 0 Å². The number of nitrogens with zero attached hydrogens (tertiary/aromatic N) is 1. The summed E-state index contributed by atoms with van der Waals surface area (Å²) in [4.78, 5) is 2.40. The zero-order valence-corrected chi connectivity index (χ0v) is 13.6. The molecule has 0 spiro atoms. The Balaban J connectivity index is 0. The first-order valence-electron chi connectivity index (χ1n) is 7.58. The van der Waals surface area contributed by atoms with E-state index in [2.05, 4.69) is 31.1 Å². The minimum Gasteiger partial charge on any atom is -0.383 e. The van der Waals surface area contributed by atoms with Gasteiger partial charge in [-0.3, -0.25) is 0 Å². The predicted octanol–water partition coefficient (Wildman–Crippen LogP) is 3.01. The van der Waals surface area contributed by atoms with E-state index in [1.54, 1.807) is 7.11 Å². The monoisotopic (exact) mass is 260 g/mol. The minimum absolute atomic E-state index is 0.819. The van der Waals surface area contributed by atoms with E-state index in [9.17, 15) is 0 Å². The van der Waals surface area contributed by atoms with Crippen LogP contribution < -0.4 is 5.32 Å². The Labute approximate surface area is 115 Å². The van der Waals surface area contributed by atoms with E-state index in [1.807, 2.05) is 13.8 Å². The summed E-state index contributed by atoms with van der Waals surface area (Å²) in [5, 5.41) is 3.21. The standard InChI is InChI=1S/C7H15N.C6H15NO.C2H6/c1-7-3-5-8(2)6-4-7;1-3-4-7-5-6-8-2;1-2/h2*7H,3-6H2,1-2H3;1-2H3. The second-order valence-corrected chi connectivity index (χ2v) is 4.73. The Morgan fingerprint density at radius 3 is 2.11 bits per heavy atom. The van der Waals surface area contributed by atoms with Gasteiger partial charge in [0.15, 0.2) is 0 Å². The molecule has 0 aromatic heterocycles. The molecule has 0 radical (unpaired) electrons. The van der Waals surface area contributed by atoms with Gasteiger partial charge in [0, 0.05) is 13.7 Å². The maximum atomic E-state index is 4.83. The van der Waals surface area contributed by atoms with Gasteiger partial charge in [0.25, 0.3) is 0 Å². The topological polar surface area (TPSA) is 24.5 Å². The van der Waals surface area contributed by atoms with Gasteiger partial charge in [-0.15, -0.1) is 0 Å². The zero-order valence-electron chi connectivity index (χ0n) is 13.6. The number of methoxy groups -OCH3 is 1. The molecule has 1 aliphatic rings. The fourth-order valence-electron chi connectivity index (χ4n) is 1.61. The molecule has 112 valence electrons. The van der Waals surface area contributed by atoms with Crippen LogP contribution in [0.1, 0.15) is 47.0 Å². The average Bonchev–Trinajstić information content (AvgIpc) is 2.41. The second kappa shape index (κ2) is 16.9. The van der Waals surface area contributed by atoms with Crippen LogP contribution in [0.4, 0.5) is 0 Å². The number of nitrogens with one attached hydrogen (secondary N) is 1. The van der Waals surface area contributed by atoms with Gasteiger partial charge in [0.05, 0.1) is 6.61 Å². The van der Waals surface area contributed by atoms with E-state index >= 15 is 0 Å². The van der Waals surface area contributed by atoms with E-state index in [4.69, 9.17) is 4.74 Å². The maximum absolute atomic E-state index is 4.83. The van der Waals surface area contributed by atoms with Gasteiger partial charge in [0.1, 0.15) is 0 Å². The molecular formula is C15H36N2O. The summed E-state index contributed by atoms with van der Waals surface area (Å²) in [6.07, 6.45) is 4.00. The first kappa shape index (κ1) is 20.2. The first-order valence-corrected chi connectivity index (χ1v) is 7.58. The van der Waals surface area contributed by atoms with Crippen LogP contribution in [0.25, 0.3) is 0 Å². The molecule has 0 aromatic rings. The molecule has 0 bridgehead atoms. The molecule has 0 aromatic carbocycles. The summed E-state index contributed by atoms with van der Waals surface area (Å²) in [7, 11) is 3.92. The summed E-state index contributed by atoms with van der Waals surface area (Å²) in [6.45, 7) is 14.0. The lowest BCUT2D eigenvalue weighted by Gasteiger charge is -2.26. The highest BCUT2D eigenvalue weighted by molar-refractivity contribution is 4.65. The maximum Gasteiger partial charge on any atom is 0.0587 e. The lowest BCUT2D eigenvalue weighted by molar-refractivity contribution is 0.199. The van der Waals surface area contributed by atoms with Gasteiger partial charge in [0.2, 0.25) is 0 Å². The number of piperidine rings is 1. The van der Waals surface area contributed by atoms with Crippen molar-refractivity contribution in [1.29, 1.82) is 0 Å². The summed E-state index contributed by atoms with van der Waals surface area (Å²) < 4.78 is 4.83. The second-order valence-electron chi connectivity index (χ2n) is 4.73. The molecule has 0 saturated carbocycles. The Morgan fingerprint density at radius 2 is 1.72 bits per heavy atom.